The van der Waals surface area contributed by atoms with Crippen molar-refractivity contribution in [2.75, 3.05) is 9.80 Å². The van der Waals surface area contributed by atoms with Crippen molar-refractivity contribution in [3.8, 4) is 11.3 Å². The topological polar surface area (TPSA) is 53.9 Å². The molecule has 3 aromatic rings. The maximum Gasteiger partial charge on any atom is 0.272 e. The molecule has 0 radical (unpaired) electrons. The molecule has 0 unspecified atom stereocenters. The van der Waals surface area contributed by atoms with Gasteiger partial charge in [0.1, 0.15) is 17.5 Å². The number of carbonyl (C=O) groups is 1. The summed E-state index contributed by atoms with van der Waals surface area (Å²) in [7, 11) is 0. The Morgan fingerprint density at radius 1 is 1.20 bits per heavy atom. The minimum absolute atomic E-state index is 0.0226. The van der Waals surface area contributed by atoms with Crippen LogP contribution in [0.4, 0.5) is 17.2 Å². The van der Waals surface area contributed by atoms with Gasteiger partial charge in [0.2, 0.25) is 0 Å². The van der Waals surface area contributed by atoms with E-state index in [1.165, 1.54) is 0 Å². The van der Waals surface area contributed by atoms with Crippen molar-refractivity contribution in [2.45, 2.75) is 31.7 Å². The first-order valence-electron chi connectivity index (χ1n) is 9.72. The van der Waals surface area contributed by atoms with Gasteiger partial charge in [0.05, 0.1) is 12.0 Å². The maximum absolute atomic E-state index is 13.5. The third-order valence-electron chi connectivity index (χ3n) is 5.92. The Balaban J connectivity index is 1.54. The predicted molar refractivity (Wildman–Crippen MR) is 119 cm³/mol. The Hall–Kier alpha value is -3.50. The molecule has 0 atom stereocenters. The standard InChI is InChI=1S/C23H18N4O2S/c1-15-13-18(14-25-20(15)24-2)26-21(28)23(10-4-11-23)27(22(26)30)17-8-6-16(7-9-17)19-5-3-12-29-19/h3,5-9,12-14H,4,10-11H2,1H3. The van der Waals surface area contributed by atoms with Gasteiger partial charge in [0, 0.05) is 11.3 Å². The number of amides is 1. The third kappa shape index (κ3) is 2.57. The minimum atomic E-state index is -0.643. The van der Waals surface area contributed by atoms with E-state index in [9.17, 15) is 4.79 Å². The molecule has 2 aliphatic rings. The van der Waals surface area contributed by atoms with E-state index < -0.39 is 5.54 Å². The van der Waals surface area contributed by atoms with E-state index in [1.54, 1.807) is 23.4 Å². The van der Waals surface area contributed by atoms with Crippen LogP contribution in [0.25, 0.3) is 16.2 Å². The largest absolute Gasteiger partial charge is 0.464 e. The fourth-order valence-corrected chi connectivity index (χ4v) is 4.69. The summed E-state index contributed by atoms with van der Waals surface area (Å²) in [6.07, 6.45) is 5.70. The van der Waals surface area contributed by atoms with Crippen LogP contribution in [0, 0.1) is 13.5 Å². The van der Waals surface area contributed by atoms with Gasteiger partial charge in [-0.15, -0.1) is 4.98 Å². The summed E-state index contributed by atoms with van der Waals surface area (Å²) >= 11 is 5.79. The van der Waals surface area contributed by atoms with Crippen LogP contribution in [-0.4, -0.2) is 21.5 Å². The molecule has 6 nitrogen and oxygen atoms in total. The van der Waals surface area contributed by atoms with Gasteiger partial charge in [0.15, 0.2) is 5.11 Å². The number of rotatable bonds is 3. The smallest absolute Gasteiger partial charge is 0.272 e. The molecule has 0 bridgehead atoms. The number of anilines is 2. The molecule has 7 heteroatoms. The molecule has 1 amide bonds. The van der Waals surface area contributed by atoms with Crippen LogP contribution in [0.3, 0.4) is 0 Å². The highest BCUT2D eigenvalue weighted by Gasteiger charge is 2.59. The van der Waals surface area contributed by atoms with Crippen LogP contribution in [0.2, 0.25) is 0 Å². The van der Waals surface area contributed by atoms with E-state index in [4.69, 9.17) is 23.2 Å². The summed E-state index contributed by atoms with van der Waals surface area (Å²) in [4.78, 5) is 24.7. The van der Waals surface area contributed by atoms with Crippen LogP contribution >= 0.6 is 12.2 Å². The molecule has 148 valence electrons. The van der Waals surface area contributed by atoms with Crippen LogP contribution < -0.4 is 9.80 Å². The van der Waals surface area contributed by atoms with Gasteiger partial charge in [-0.25, -0.2) is 0 Å². The van der Waals surface area contributed by atoms with Crippen LogP contribution in [0.15, 0.2) is 59.3 Å². The lowest BCUT2D eigenvalue weighted by Crippen LogP contribution is -2.55. The van der Waals surface area contributed by atoms with E-state index >= 15 is 0 Å². The zero-order valence-electron chi connectivity index (χ0n) is 16.3. The Morgan fingerprint density at radius 3 is 2.53 bits per heavy atom. The number of aromatic nitrogens is 1. The Kier molecular flexibility index (Phi) is 4.19. The Bertz CT molecular complexity index is 1190. The second-order valence-corrected chi connectivity index (χ2v) is 7.98. The molecule has 2 fully saturated rings. The summed E-state index contributed by atoms with van der Waals surface area (Å²) in [5, 5.41) is 0.446. The lowest BCUT2D eigenvalue weighted by atomic mass is 9.75. The van der Waals surface area contributed by atoms with Gasteiger partial charge >= 0.3 is 0 Å². The number of thiocarbonyl (C=S) groups is 1. The van der Waals surface area contributed by atoms with Gasteiger partial charge in [0.25, 0.3) is 11.7 Å². The number of nitrogens with zero attached hydrogens (tertiary/aromatic N) is 4. The first-order chi connectivity index (χ1) is 14.5. The number of hydrogen-bond acceptors (Lipinski definition) is 4. The van der Waals surface area contributed by atoms with E-state index in [0.29, 0.717) is 16.6 Å². The molecule has 5 rings (SSSR count). The second-order valence-electron chi connectivity index (χ2n) is 7.61. The average Bonchev–Trinajstić information content (AvgIpc) is 3.33. The summed E-state index contributed by atoms with van der Waals surface area (Å²) < 4.78 is 5.47. The lowest BCUT2D eigenvalue weighted by molar-refractivity contribution is -0.123. The van der Waals surface area contributed by atoms with Crippen molar-refractivity contribution in [3.05, 3.63) is 71.9 Å². The molecule has 1 saturated carbocycles. The summed E-state index contributed by atoms with van der Waals surface area (Å²) in [5.74, 6) is 1.11. The minimum Gasteiger partial charge on any atom is -0.464 e. The van der Waals surface area contributed by atoms with Crippen molar-refractivity contribution in [2.24, 2.45) is 0 Å². The summed E-state index contributed by atoms with van der Waals surface area (Å²) in [6.45, 7) is 9.02. The fourth-order valence-electron chi connectivity index (χ4n) is 4.22. The quantitative estimate of drug-likeness (QED) is 0.432. The van der Waals surface area contributed by atoms with E-state index in [-0.39, 0.29) is 5.91 Å². The Morgan fingerprint density at radius 2 is 1.97 bits per heavy atom. The lowest BCUT2D eigenvalue weighted by Gasteiger charge is -2.43. The summed E-state index contributed by atoms with van der Waals surface area (Å²) in [6, 6.07) is 13.5. The number of aryl methyl sites for hydroxylation is 1. The zero-order valence-corrected chi connectivity index (χ0v) is 17.1. The molecule has 2 aromatic heterocycles. The molecule has 0 N–H and O–H groups in total. The van der Waals surface area contributed by atoms with Gasteiger partial charge in [-0.05, 0) is 86.4 Å². The van der Waals surface area contributed by atoms with Crippen LogP contribution in [0.1, 0.15) is 24.8 Å². The molecule has 1 saturated heterocycles. The number of furan rings is 1. The van der Waals surface area contributed by atoms with Crippen LogP contribution in [0.5, 0.6) is 0 Å². The molecule has 30 heavy (non-hydrogen) atoms. The molecule has 3 heterocycles. The number of hydrogen-bond donors (Lipinski definition) is 0. The van der Waals surface area contributed by atoms with E-state index in [1.807, 2.05) is 48.2 Å². The molecule has 1 spiro atoms. The molecule has 1 aliphatic carbocycles. The number of pyridine rings is 1. The van der Waals surface area contributed by atoms with Crippen molar-refractivity contribution in [3.63, 3.8) is 0 Å². The highest BCUT2D eigenvalue weighted by atomic mass is 32.1. The zero-order chi connectivity index (χ0) is 20.9. The highest BCUT2D eigenvalue weighted by molar-refractivity contribution is 7.81. The van der Waals surface area contributed by atoms with Crippen molar-refractivity contribution in [1.82, 2.24) is 4.98 Å². The highest BCUT2D eigenvalue weighted by Crippen LogP contribution is 2.48. The molecule has 1 aliphatic heterocycles. The predicted octanol–water partition coefficient (Wildman–Crippen LogP) is 5.26. The second kappa shape index (κ2) is 6.78. The van der Waals surface area contributed by atoms with Gasteiger partial charge in [-0.3, -0.25) is 9.69 Å². The normalized spacial score (nSPS) is 17.3. The van der Waals surface area contributed by atoms with Gasteiger partial charge < -0.3 is 14.2 Å². The van der Waals surface area contributed by atoms with Gasteiger partial charge in [-0.2, -0.15) is 0 Å². The van der Waals surface area contributed by atoms with E-state index in [2.05, 4.69) is 9.83 Å². The number of carbonyl (C=O) groups excluding carboxylic acids is 1. The molecule has 1 aromatic carbocycles. The van der Waals surface area contributed by atoms with Crippen LogP contribution in [-0.2, 0) is 4.79 Å². The first-order valence-corrected chi connectivity index (χ1v) is 10.1. The third-order valence-corrected chi connectivity index (χ3v) is 6.29. The molecular formula is C23H18N4O2S. The number of benzene rings is 1. The average molecular weight is 414 g/mol. The fraction of sp³-hybridized carbons (Fsp3) is 0.217. The maximum atomic E-state index is 13.5. The van der Waals surface area contributed by atoms with Gasteiger partial charge in [-0.1, -0.05) is 6.57 Å². The van der Waals surface area contributed by atoms with E-state index in [0.717, 1.165) is 41.8 Å². The van der Waals surface area contributed by atoms with Crippen molar-refractivity contribution in [1.29, 1.82) is 0 Å². The summed E-state index contributed by atoms with van der Waals surface area (Å²) in [5.41, 5.74) is 2.54. The van der Waals surface area contributed by atoms with Crippen molar-refractivity contribution >= 4 is 40.4 Å². The SMILES string of the molecule is [C-]#[N+]c1ncc(N2C(=O)C3(CCC3)N(c3ccc(-c4ccco4)cc3)C2=S)cc1C. The first kappa shape index (κ1) is 18.5. The Labute approximate surface area is 179 Å². The molecular weight excluding hydrogens is 396 g/mol. The monoisotopic (exact) mass is 414 g/mol. The van der Waals surface area contributed by atoms with Crippen molar-refractivity contribution < 1.29 is 9.21 Å².